The van der Waals surface area contributed by atoms with Gasteiger partial charge < -0.3 is 15.8 Å². The van der Waals surface area contributed by atoms with E-state index < -0.39 is 17.8 Å². The highest BCUT2D eigenvalue weighted by Crippen LogP contribution is 2.31. The van der Waals surface area contributed by atoms with Crippen molar-refractivity contribution in [1.29, 1.82) is 0 Å². The number of imide groups is 1. The van der Waals surface area contributed by atoms with Crippen LogP contribution in [0.2, 0.25) is 0 Å². The third-order valence-electron chi connectivity index (χ3n) is 4.65. The van der Waals surface area contributed by atoms with Crippen molar-refractivity contribution in [2.75, 3.05) is 16.0 Å². The maximum Gasteiger partial charge on any atom is 0.308 e. The quantitative estimate of drug-likeness (QED) is 0.292. The fourth-order valence-electron chi connectivity index (χ4n) is 3.27. The highest BCUT2D eigenvalue weighted by atomic mass is 16.5. The molecule has 154 valence electrons. The van der Waals surface area contributed by atoms with Gasteiger partial charge in [-0.05, 0) is 60.7 Å². The smallest absolute Gasteiger partial charge is 0.308 e. The molecule has 8 nitrogen and oxygen atoms in total. The molecule has 3 aromatic carbocycles. The summed E-state index contributed by atoms with van der Waals surface area (Å²) < 4.78 is 4.97. The first-order valence-corrected chi connectivity index (χ1v) is 9.32. The second kappa shape index (κ2) is 7.75. The number of carbonyl (C=O) groups is 4. The van der Waals surface area contributed by atoms with Gasteiger partial charge in [0.15, 0.2) is 0 Å². The molecule has 0 radical (unpaired) electrons. The van der Waals surface area contributed by atoms with E-state index in [9.17, 15) is 19.2 Å². The van der Waals surface area contributed by atoms with E-state index >= 15 is 0 Å². The second-order valence-corrected chi connectivity index (χ2v) is 6.87. The minimum atomic E-state index is -0.514. The molecule has 0 spiro atoms. The number of hydrogen-bond donors (Lipinski definition) is 2. The van der Waals surface area contributed by atoms with Crippen LogP contribution in [-0.2, 0) is 4.79 Å². The average Bonchev–Trinajstić information content (AvgIpc) is 2.98. The van der Waals surface area contributed by atoms with Crippen molar-refractivity contribution in [3.05, 3.63) is 83.4 Å². The van der Waals surface area contributed by atoms with Crippen molar-refractivity contribution in [2.45, 2.75) is 6.92 Å². The molecule has 3 aromatic rings. The van der Waals surface area contributed by atoms with Gasteiger partial charge in [-0.2, -0.15) is 0 Å². The number of nitrogens with zero attached hydrogens (tertiary/aromatic N) is 1. The Labute approximate surface area is 177 Å². The summed E-state index contributed by atoms with van der Waals surface area (Å²) in [6.07, 6.45) is 0. The highest BCUT2D eigenvalue weighted by molar-refractivity contribution is 6.34. The van der Waals surface area contributed by atoms with Crippen LogP contribution < -0.4 is 20.7 Å². The number of nitrogens with one attached hydrogen (secondary N) is 1. The number of nitrogen functional groups attached to an aromatic ring is 1. The van der Waals surface area contributed by atoms with Gasteiger partial charge >= 0.3 is 5.97 Å². The number of amides is 3. The van der Waals surface area contributed by atoms with Crippen molar-refractivity contribution >= 4 is 40.8 Å². The Hall–Kier alpha value is -4.46. The van der Waals surface area contributed by atoms with Crippen molar-refractivity contribution in [3.8, 4) is 5.75 Å². The summed E-state index contributed by atoms with van der Waals surface area (Å²) in [5.74, 6) is -1.54. The monoisotopic (exact) mass is 415 g/mol. The van der Waals surface area contributed by atoms with Gasteiger partial charge in [0.25, 0.3) is 17.7 Å². The molecule has 0 bridgehead atoms. The van der Waals surface area contributed by atoms with Crippen LogP contribution in [-0.4, -0.2) is 23.7 Å². The molecule has 0 atom stereocenters. The number of esters is 1. The number of nitrogens with two attached hydrogens (primary N) is 1. The number of rotatable bonds is 4. The van der Waals surface area contributed by atoms with E-state index in [1.807, 2.05) is 0 Å². The third-order valence-corrected chi connectivity index (χ3v) is 4.65. The minimum Gasteiger partial charge on any atom is -0.427 e. The van der Waals surface area contributed by atoms with Crippen LogP contribution in [0.4, 0.5) is 17.1 Å². The summed E-state index contributed by atoms with van der Waals surface area (Å²) in [6.45, 7) is 1.28. The molecular formula is C23H17N3O5. The molecule has 1 aliphatic rings. The molecule has 4 rings (SSSR count). The summed E-state index contributed by atoms with van der Waals surface area (Å²) >= 11 is 0. The molecule has 1 aliphatic heterocycles. The summed E-state index contributed by atoms with van der Waals surface area (Å²) in [6, 6.07) is 17.0. The van der Waals surface area contributed by atoms with Gasteiger partial charge in [-0.3, -0.25) is 19.2 Å². The number of carbonyl (C=O) groups excluding carboxylic acids is 4. The van der Waals surface area contributed by atoms with Crippen molar-refractivity contribution in [2.24, 2.45) is 0 Å². The molecule has 3 amide bonds. The number of anilines is 3. The molecule has 0 saturated heterocycles. The Morgan fingerprint density at radius 1 is 0.903 bits per heavy atom. The van der Waals surface area contributed by atoms with E-state index in [2.05, 4.69) is 5.32 Å². The molecule has 0 unspecified atom stereocenters. The normalized spacial score (nSPS) is 12.5. The maximum absolute atomic E-state index is 12.9. The second-order valence-electron chi connectivity index (χ2n) is 6.87. The molecule has 0 aromatic heterocycles. The molecule has 1 heterocycles. The fraction of sp³-hybridized carbons (Fsp3) is 0.0435. The van der Waals surface area contributed by atoms with Gasteiger partial charge in [0.1, 0.15) is 5.75 Å². The van der Waals surface area contributed by atoms with Crippen LogP contribution in [0.15, 0.2) is 66.7 Å². The maximum atomic E-state index is 12.9. The van der Waals surface area contributed by atoms with Crippen molar-refractivity contribution < 1.29 is 23.9 Å². The van der Waals surface area contributed by atoms with Crippen LogP contribution in [0.3, 0.4) is 0 Å². The van der Waals surface area contributed by atoms with E-state index in [1.54, 1.807) is 30.3 Å². The minimum absolute atomic E-state index is 0.180. The predicted molar refractivity (Wildman–Crippen MR) is 114 cm³/mol. The summed E-state index contributed by atoms with van der Waals surface area (Å²) in [7, 11) is 0. The molecule has 0 saturated carbocycles. The predicted octanol–water partition coefficient (Wildman–Crippen LogP) is 3.25. The molecular weight excluding hydrogens is 398 g/mol. The Balaban J connectivity index is 1.57. The fourth-order valence-corrected chi connectivity index (χ4v) is 3.27. The molecule has 8 heteroatoms. The first-order valence-electron chi connectivity index (χ1n) is 9.32. The van der Waals surface area contributed by atoms with E-state index in [1.165, 1.54) is 43.3 Å². The summed E-state index contributed by atoms with van der Waals surface area (Å²) in [5.41, 5.74) is 7.66. The van der Waals surface area contributed by atoms with Crippen LogP contribution in [0, 0.1) is 0 Å². The zero-order valence-electron chi connectivity index (χ0n) is 16.4. The van der Waals surface area contributed by atoms with Gasteiger partial charge in [0.2, 0.25) is 0 Å². The van der Waals surface area contributed by atoms with Crippen molar-refractivity contribution in [3.63, 3.8) is 0 Å². The summed E-state index contributed by atoms with van der Waals surface area (Å²) in [4.78, 5) is 50.2. The Kier molecular flexibility index (Phi) is 4.96. The average molecular weight is 415 g/mol. The lowest BCUT2D eigenvalue weighted by atomic mass is 10.1. The topological polar surface area (TPSA) is 119 Å². The molecule has 0 aliphatic carbocycles. The number of ether oxygens (including phenoxy) is 1. The number of fused-ring (bicyclic) bond motifs is 1. The SMILES string of the molecule is CC(=O)Oc1ccc(N2C(=O)c3ccc(NC(=O)c4cccc(N)c4)cc3C2=O)cc1. The zero-order valence-corrected chi connectivity index (χ0v) is 16.4. The zero-order chi connectivity index (χ0) is 22.1. The van der Waals surface area contributed by atoms with Crippen LogP contribution >= 0.6 is 0 Å². The Morgan fingerprint density at radius 3 is 2.29 bits per heavy atom. The molecule has 0 fully saturated rings. The van der Waals surface area contributed by atoms with Crippen LogP contribution in [0.25, 0.3) is 0 Å². The standard InChI is InChI=1S/C23H17N3O5/c1-13(27)31-18-8-6-17(7-9-18)26-22(29)19-10-5-16(12-20(19)23(26)30)25-21(28)14-3-2-4-15(24)11-14/h2-12H,24H2,1H3,(H,25,28). The van der Waals surface area contributed by atoms with E-state index in [0.29, 0.717) is 28.4 Å². The lowest BCUT2D eigenvalue weighted by Gasteiger charge is -2.14. The summed E-state index contributed by atoms with van der Waals surface area (Å²) in [5, 5.41) is 2.71. The van der Waals surface area contributed by atoms with Crippen molar-refractivity contribution in [1.82, 2.24) is 0 Å². The van der Waals surface area contributed by atoms with Crippen LogP contribution in [0.1, 0.15) is 38.0 Å². The van der Waals surface area contributed by atoms with E-state index in [4.69, 9.17) is 10.5 Å². The molecule has 31 heavy (non-hydrogen) atoms. The third kappa shape index (κ3) is 3.86. The first kappa shape index (κ1) is 19.8. The van der Waals surface area contributed by atoms with Crippen LogP contribution in [0.5, 0.6) is 5.75 Å². The lowest BCUT2D eigenvalue weighted by molar-refractivity contribution is -0.131. The Bertz CT molecular complexity index is 1230. The number of hydrogen-bond acceptors (Lipinski definition) is 6. The molecule has 3 N–H and O–H groups in total. The van der Waals surface area contributed by atoms with Gasteiger partial charge in [-0.15, -0.1) is 0 Å². The first-order chi connectivity index (χ1) is 14.8. The number of benzene rings is 3. The van der Waals surface area contributed by atoms with E-state index in [-0.39, 0.29) is 17.0 Å². The van der Waals surface area contributed by atoms with Gasteiger partial charge in [0, 0.05) is 23.9 Å². The largest absolute Gasteiger partial charge is 0.427 e. The van der Waals surface area contributed by atoms with Gasteiger partial charge in [-0.25, -0.2) is 4.90 Å². The Morgan fingerprint density at radius 2 is 1.61 bits per heavy atom. The van der Waals surface area contributed by atoms with E-state index in [0.717, 1.165) is 4.90 Å². The van der Waals surface area contributed by atoms with Gasteiger partial charge in [0.05, 0.1) is 16.8 Å². The highest BCUT2D eigenvalue weighted by Gasteiger charge is 2.37. The van der Waals surface area contributed by atoms with Gasteiger partial charge in [-0.1, -0.05) is 6.07 Å². The lowest BCUT2D eigenvalue weighted by Crippen LogP contribution is -2.29.